The molecule has 0 bridgehead atoms. The fourth-order valence-electron chi connectivity index (χ4n) is 3.00. The summed E-state index contributed by atoms with van der Waals surface area (Å²) in [5.41, 5.74) is 6.95. The van der Waals surface area contributed by atoms with E-state index in [2.05, 4.69) is 0 Å². The van der Waals surface area contributed by atoms with Crippen LogP contribution in [0.25, 0.3) is 0 Å². The average Bonchev–Trinajstić information content (AvgIpc) is 2.27. The Kier molecular flexibility index (Phi) is 3.87. The Morgan fingerprint density at radius 2 is 1.79 bits per heavy atom. The molecule has 0 saturated carbocycles. The molecule has 19 heavy (non-hydrogen) atoms. The fraction of sp³-hybridized carbons (Fsp3) is 0.571. The van der Waals surface area contributed by atoms with Crippen molar-refractivity contribution in [3.63, 3.8) is 0 Å². The van der Waals surface area contributed by atoms with E-state index >= 15 is 0 Å². The third kappa shape index (κ3) is 2.49. The highest BCUT2D eigenvalue weighted by Crippen LogP contribution is 2.33. The van der Waals surface area contributed by atoms with Gasteiger partial charge in [0.2, 0.25) is 10.0 Å². The van der Waals surface area contributed by atoms with Crippen molar-refractivity contribution < 1.29 is 8.42 Å². The van der Waals surface area contributed by atoms with Crippen molar-refractivity contribution in [2.45, 2.75) is 57.0 Å². The number of rotatable bonds is 2. The molecule has 5 heteroatoms. The van der Waals surface area contributed by atoms with E-state index in [4.69, 9.17) is 5.73 Å². The second kappa shape index (κ2) is 5.13. The minimum atomic E-state index is -3.51. The lowest BCUT2D eigenvalue weighted by molar-refractivity contribution is 0.204. The van der Waals surface area contributed by atoms with Crippen LogP contribution in [0, 0.1) is 6.92 Å². The maximum Gasteiger partial charge on any atom is 0.245 e. The molecule has 1 aliphatic rings. The number of anilines is 1. The van der Waals surface area contributed by atoms with Gasteiger partial charge in [0.25, 0.3) is 0 Å². The van der Waals surface area contributed by atoms with Gasteiger partial charge in [-0.1, -0.05) is 18.6 Å². The first-order chi connectivity index (χ1) is 8.85. The Labute approximate surface area is 115 Å². The second-order valence-corrected chi connectivity index (χ2v) is 7.24. The molecule has 2 atom stereocenters. The molecule has 0 aromatic heterocycles. The Hall–Kier alpha value is -1.07. The molecule has 1 aromatic rings. The molecule has 1 saturated heterocycles. The lowest BCUT2D eigenvalue weighted by Gasteiger charge is -2.38. The highest BCUT2D eigenvalue weighted by molar-refractivity contribution is 7.89. The van der Waals surface area contributed by atoms with Crippen LogP contribution < -0.4 is 5.73 Å². The molecular weight excluding hydrogens is 260 g/mol. The van der Waals surface area contributed by atoms with Gasteiger partial charge in [0.05, 0.1) is 5.69 Å². The zero-order valence-corrected chi connectivity index (χ0v) is 12.6. The normalized spacial score (nSPS) is 25.4. The smallest absolute Gasteiger partial charge is 0.245 e. The third-order valence-electron chi connectivity index (χ3n) is 3.89. The predicted octanol–water partition coefficient (Wildman–Crippen LogP) is 2.53. The molecule has 0 amide bonds. The van der Waals surface area contributed by atoms with E-state index in [1.807, 2.05) is 13.8 Å². The van der Waals surface area contributed by atoms with Crippen molar-refractivity contribution in [3.05, 3.63) is 23.8 Å². The molecule has 4 nitrogen and oxygen atoms in total. The number of benzene rings is 1. The van der Waals surface area contributed by atoms with Gasteiger partial charge in [-0.25, -0.2) is 8.42 Å². The summed E-state index contributed by atoms with van der Waals surface area (Å²) in [4.78, 5) is 0.274. The van der Waals surface area contributed by atoms with Crippen molar-refractivity contribution in [1.29, 1.82) is 0 Å². The summed E-state index contributed by atoms with van der Waals surface area (Å²) in [5, 5.41) is 0. The minimum Gasteiger partial charge on any atom is -0.398 e. The Morgan fingerprint density at radius 1 is 1.21 bits per heavy atom. The summed E-state index contributed by atoms with van der Waals surface area (Å²) in [5.74, 6) is 0. The highest BCUT2D eigenvalue weighted by atomic mass is 32.2. The first-order valence-electron chi connectivity index (χ1n) is 6.74. The minimum absolute atomic E-state index is 0.0350. The molecule has 1 fully saturated rings. The van der Waals surface area contributed by atoms with E-state index in [9.17, 15) is 8.42 Å². The molecule has 2 rings (SSSR count). The van der Waals surface area contributed by atoms with Crippen molar-refractivity contribution in [1.82, 2.24) is 4.31 Å². The maximum absolute atomic E-state index is 12.9. The molecule has 2 N–H and O–H groups in total. The van der Waals surface area contributed by atoms with Crippen LogP contribution in [-0.4, -0.2) is 24.8 Å². The summed E-state index contributed by atoms with van der Waals surface area (Å²) < 4.78 is 27.4. The van der Waals surface area contributed by atoms with Crippen LogP contribution in [0.3, 0.4) is 0 Å². The Morgan fingerprint density at radius 3 is 2.32 bits per heavy atom. The number of hydrogen-bond acceptors (Lipinski definition) is 3. The zero-order valence-electron chi connectivity index (χ0n) is 11.8. The van der Waals surface area contributed by atoms with Gasteiger partial charge < -0.3 is 5.73 Å². The van der Waals surface area contributed by atoms with Gasteiger partial charge in [0.1, 0.15) is 4.90 Å². The third-order valence-corrected chi connectivity index (χ3v) is 6.24. The summed E-state index contributed by atoms with van der Waals surface area (Å²) >= 11 is 0. The van der Waals surface area contributed by atoms with Gasteiger partial charge in [-0.3, -0.25) is 0 Å². The number of hydrogen-bond donors (Lipinski definition) is 1. The van der Waals surface area contributed by atoms with Crippen LogP contribution in [0.15, 0.2) is 23.1 Å². The summed E-state index contributed by atoms with van der Waals surface area (Å²) in [6.07, 6.45) is 2.91. The average molecular weight is 282 g/mol. The maximum atomic E-state index is 12.9. The van der Waals surface area contributed by atoms with E-state index in [1.54, 1.807) is 29.4 Å². The van der Waals surface area contributed by atoms with Crippen LogP contribution >= 0.6 is 0 Å². The number of nitrogens with two attached hydrogens (primary N) is 1. The van der Waals surface area contributed by atoms with E-state index in [-0.39, 0.29) is 17.0 Å². The Bertz CT molecular complexity index is 539. The first-order valence-corrected chi connectivity index (χ1v) is 8.18. The summed E-state index contributed by atoms with van der Waals surface area (Å²) in [6, 6.07) is 5.30. The van der Waals surface area contributed by atoms with Crippen LogP contribution in [-0.2, 0) is 10.0 Å². The van der Waals surface area contributed by atoms with Gasteiger partial charge in [-0.2, -0.15) is 4.31 Å². The summed E-state index contributed by atoms with van der Waals surface area (Å²) in [6.45, 7) is 5.74. The van der Waals surface area contributed by atoms with Gasteiger partial charge in [0.15, 0.2) is 0 Å². The summed E-state index contributed by atoms with van der Waals surface area (Å²) in [7, 11) is -3.51. The second-order valence-electron chi connectivity index (χ2n) is 5.46. The number of aryl methyl sites for hydroxylation is 1. The quantitative estimate of drug-likeness (QED) is 0.848. The number of piperidine rings is 1. The molecule has 2 unspecified atom stereocenters. The molecule has 1 aliphatic heterocycles. The van der Waals surface area contributed by atoms with Crippen molar-refractivity contribution in [3.8, 4) is 0 Å². The molecule has 106 valence electrons. The van der Waals surface area contributed by atoms with Crippen molar-refractivity contribution in [2.75, 3.05) is 5.73 Å². The van der Waals surface area contributed by atoms with E-state index in [0.29, 0.717) is 11.3 Å². The molecule has 1 heterocycles. The number of sulfonamides is 1. The largest absolute Gasteiger partial charge is 0.398 e. The van der Waals surface area contributed by atoms with E-state index in [0.717, 1.165) is 19.3 Å². The van der Waals surface area contributed by atoms with Crippen molar-refractivity contribution in [2.24, 2.45) is 0 Å². The topological polar surface area (TPSA) is 63.4 Å². The standard InChI is InChI=1S/C14H22N2O2S/c1-10-6-4-9-13(15)14(10)19(17,18)16-11(2)7-5-8-12(16)3/h4,6,9,11-12H,5,7-8,15H2,1-3H3. The van der Waals surface area contributed by atoms with E-state index in [1.165, 1.54) is 0 Å². The number of nitrogen functional groups attached to an aromatic ring is 1. The van der Waals surface area contributed by atoms with E-state index < -0.39 is 10.0 Å². The monoisotopic (exact) mass is 282 g/mol. The molecule has 1 aromatic carbocycles. The van der Waals surface area contributed by atoms with Crippen LogP contribution in [0.5, 0.6) is 0 Å². The van der Waals surface area contributed by atoms with Crippen LogP contribution in [0.1, 0.15) is 38.7 Å². The molecule has 0 spiro atoms. The van der Waals surface area contributed by atoms with Gasteiger partial charge >= 0.3 is 0 Å². The van der Waals surface area contributed by atoms with Gasteiger partial charge in [-0.15, -0.1) is 0 Å². The molecular formula is C14H22N2O2S. The van der Waals surface area contributed by atoms with Crippen LogP contribution in [0.2, 0.25) is 0 Å². The van der Waals surface area contributed by atoms with Crippen LogP contribution in [0.4, 0.5) is 5.69 Å². The lowest BCUT2D eigenvalue weighted by atomic mass is 10.0. The van der Waals surface area contributed by atoms with Crippen molar-refractivity contribution >= 4 is 15.7 Å². The fourth-order valence-corrected chi connectivity index (χ4v) is 5.21. The SMILES string of the molecule is Cc1cccc(N)c1S(=O)(=O)N1C(C)CCCC1C. The molecule has 0 aliphatic carbocycles. The zero-order chi connectivity index (χ0) is 14.2. The highest BCUT2D eigenvalue weighted by Gasteiger charge is 2.37. The van der Waals surface area contributed by atoms with Gasteiger partial charge in [0, 0.05) is 12.1 Å². The van der Waals surface area contributed by atoms with Gasteiger partial charge in [-0.05, 0) is 45.2 Å². The molecule has 0 radical (unpaired) electrons. The first kappa shape index (κ1) is 14.3. The number of nitrogens with zero attached hydrogens (tertiary/aromatic N) is 1. The Balaban J connectivity index is 2.53. The lowest BCUT2D eigenvalue weighted by Crippen LogP contribution is -2.47. The predicted molar refractivity (Wildman–Crippen MR) is 77.4 cm³/mol.